The molecule has 0 bridgehead atoms. The molecule has 0 aromatic carbocycles. The maximum Gasteiger partial charge on any atom is 0.401 e. The molecule has 78 valence electrons. The van der Waals surface area contributed by atoms with Gasteiger partial charge in [-0.05, 0) is 19.4 Å². The molecule has 2 nitrogen and oxygen atoms in total. The van der Waals surface area contributed by atoms with E-state index in [1.54, 1.807) is 0 Å². The Hall–Kier alpha value is -0.290. The third-order valence-electron chi connectivity index (χ3n) is 2.40. The van der Waals surface area contributed by atoms with E-state index in [0.717, 1.165) is 19.3 Å². The lowest BCUT2D eigenvalue weighted by Gasteiger charge is -2.35. The summed E-state index contributed by atoms with van der Waals surface area (Å²) in [6.07, 6.45) is -1.44. The first-order valence-electron chi connectivity index (χ1n) is 4.54. The van der Waals surface area contributed by atoms with Gasteiger partial charge in [0.1, 0.15) is 0 Å². The van der Waals surface area contributed by atoms with Crippen molar-refractivity contribution in [3.63, 3.8) is 0 Å². The van der Waals surface area contributed by atoms with Crippen LogP contribution >= 0.6 is 0 Å². The molecule has 0 aromatic heterocycles. The largest absolute Gasteiger partial charge is 0.401 e. The van der Waals surface area contributed by atoms with Crippen LogP contribution in [0, 0.1) is 0 Å². The zero-order valence-electron chi connectivity index (χ0n) is 7.48. The van der Waals surface area contributed by atoms with E-state index in [2.05, 4.69) is 0 Å². The van der Waals surface area contributed by atoms with E-state index in [-0.39, 0.29) is 6.04 Å². The molecule has 1 rings (SSSR count). The number of piperidine rings is 1. The average molecular weight is 196 g/mol. The normalized spacial score (nSPS) is 26.3. The minimum Gasteiger partial charge on any atom is -0.329 e. The maximum absolute atomic E-state index is 12.1. The molecule has 0 aromatic rings. The van der Waals surface area contributed by atoms with Crippen molar-refractivity contribution < 1.29 is 13.2 Å². The van der Waals surface area contributed by atoms with Crippen LogP contribution in [-0.2, 0) is 0 Å². The van der Waals surface area contributed by atoms with Gasteiger partial charge in [0.25, 0.3) is 0 Å². The summed E-state index contributed by atoms with van der Waals surface area (Å²) in [4.78, 5) is 1.45. The predicted molar refractivity (Wildman–Crippen MR) is 44.3 cm³/mol. The Kier molecular flexibility index (Phi) is 3.55. The zero-order valence-corrected chi connectivity index (χ0v) is 7.48. The maximum atomic E-state index is 12.1. The van der Waals surface area contributed by atoms with E-state index in [4.69, 9.17) is 5.73 Å². The summed E-state index contributed by atoms with van der Waals surface area (Å²) < 4.78 is 36.2. The number of halogens is 3. The SMILES string of the molecule is NC[C@H]1CCCCN1CC(F)(F)F. The highest BCUT2D eigenvalue weighted by atomic mass is 19.4. The predicted octanol–water partition coefficient (Wildman–Crippen LogP) is 1.36. The fourth-order valence-electron chi connectivity index (χ4n) is 1.77. The number of nitrogens with two attached hydrogens (primary N) is 1. The van der Waals surface area contributed by atoms with Crippen molar-refractivity contribution in [2.75, 3.05) is 19.6 Å². The van der Waals surface area contributed by atoms with Gasteiger partial charge < -0.3 is 5.73 Å². The van der Waals surface area contributed by atoms with Gasteiger partial charge in [-0.15, -0.1) is 0 Å². The Bertz CT molecular complexity index is 158. The van der Waals surface area contributed by atoms with Gasteiger partial charge in [-0.2, -0.15) is 13.2 Å². The van der Waals surface area contributed by atoms with E-state index in [9.17, 15) is 13.2 Å². The van der Waals surface area contributed by atoms with Gasteiger partial charge in [0, 0.05) is 12.6 Å². The molecule has 1 aliphatic heterocycles. The molecular formula is C8H15F3N2. The van der Waals surface area contributed by atoms with E-state index in [0.29, 0.717) is 13.1 Å². The standard InChI is InChI=1S/C8H15F3N2/c9-8(10,11)6-13-4-2-1-3-7(13)5-12/h7H,1-6,12H2/t7-/m1/s1. The molecule has 1 aliphatic rings. The second-order valence-electron chi connectivity index (χ2n) is 3.47. The van der Waals surface area contributed by atoms with Crippen LogP contribution in [0.25, 0.3) is 0 Å². The van der Waals surface area contributed by atoms with Crippen molar-refractivity contribution in [3.05, 3.63) is 0 Å². The molecule has 1 atom stereocenters. The molecule has 0 radical (unpaired) electrons. The van der Waals surface area contributed by atoms with Crippen LogP contribution < -0.4 is 5.73 Å². The monoisotopic (exact) mass is 196 g/mol. The van der Waals surface area contributed by atoms with Gasteiger partial charge in [0.2, 0.25) is 0 Å². The lowest BCUT2D eigenvalue weighted by molar-refractivity contribution is -0.152. The summed E-state index contributed by atoms with van der Waals surface area (Å²) in [5, 5.41) is 0. The molecule has 13 heavy (non-hydrogen) atoms. The van der Waals surface area contributed by atoms with Crippen LogP contribution in [0.4, 0.5) is 13.2 Å². The Labute approximate surface area is 75.9 Å². The topological polar surface area (TPSA) is 29.3 Å². The summed E-state index contributed by atoms with van der Waals surface area (Å²) in [6.45, 7) is 0.0479. The number of rotatable bonds is 2. The van der Waals surface area contributed by atoms with Crippen molar-refractivity contribution in [1.29, 1.82) is 0 Å². The van der Waals surface area contributed by atoms with Crippen LogP contribution in [0.1, 0.15) is 19.3 Å². The van der Waals surface area contributed by atoms with Crippen LogP contribution in [0.15, 0.2) is 0 Å². The van der Waals surface area contributed by atoms with Crippen molar-refractivity contribution in [2.24, 2.45) is 5.73 Å². The molecule has 2 N–H and O–H groups in total. The third-order valence-corrected chi connectivity index (χ3v) is 2.40. The Morgan fingerprint density at radius 1 is 1.31 bits per heavy atom. The summed E-state index contributed by atoms with van der Waals surface area (Å²) in [5.41, 5.74) is 5.40. The van der Waals surface area contributed by atoms with Gasteiger partial charge in [0.05, 0.1) is 6.54 Å². The third kappa shape index (κ3) is 3.52. The number of likely N-dealkylation sites (tertiary alicyclic amines) is 1. The van der Waals surface area contributed by atoms with Crippen LogP contribution in [0.3, 0.4) is 0 Å². The lowest BCUT2D eigenvalue weighted by Crippen LogP contribution is -2.48. The lowest BCUT2D eigenvalue weighted by atomic mass is 10.0. The average Bonchev–Trinajstić information content (AvgIpc) is 2.02. The van der Waals surface area contributed by atoms with Crippen LogP contribution in [0.2, 0.25) is 0 Å². The van der Waals surface area contributed by atoms with Gasteiger partial charge in [0.15, 0.2) is 0 Å². The summed E-state index contributed by atoms with van der Waals surface area (Å²) >= 11 is 0. The first kappa shape index (κ1) is 10.8. The van der Waals surface area contributed by atoms with E-state index < -0.39 is 12.7 Å². The first-order chi connectivity index (χ1) is 6.03. The summed E-state index contributed by atoms with van der Waals surface area (Å²) in [5.74, 6) is 0. The molecule has 0 aliphatic carbocycles. The Balaban J connectivity index is 2.45. The number of alkyl halides is 3. The summed E-state index contributed by atoms with van der Waals surface area (Å²) in [6, 6.07) is -0.0737. The molecule has 0 saturated carbocycles. The Morgan fingerprint density at radius 3 is 2.54 bits per heavy atom. The smallest absolute Gasteiger partial charge is 0.329 e. The van der Waals surface area contributed by atoms with Gasteiger partial charge in [-0.25, -0.2) is 0 Å². The Morgan fingerprint density at radius 2 is 2.00 bits per heavy atom. The number of hydrogen-bond acceptors (Lipinski definition) is 2. The fraction of sp³-hybridized carbons (Fsp3) is 1.00. The molecule has 1 saturated heterocycles. The van der Waals surface area contributed by atoms with E-state index >= 15 is 0 Å². The van der Waals surface area contributed by atoms with Crippen LogP contribution in [0.5, 0.6) is 0 Å². The highest BCUT2D eigenvalue weighted by Crippen LogP contribution is 2.22. The van der Waals surface area contributed by atoms with Crippen molar-refractivity contribution in [3.8, 4) is 0 Å². The van der Waals surface area contributed by atoms with E-state index in [1.807, 2.05) is 0 Å². The van der Waals surface area contributed by atoms with Gasteiger partial charge in [-0.3, -0.25) is 4.90 Å². The second-order valence-corrected chi connectivity index (χ2v) is 3.47. The quantitative estimate of drug-likeness (QED) is 0.722. The summed E-state index contributed by atoms with van der Waals surface area (Å²) in [7, 11) is 0. The van der Waals surface area contributed by atoms with Gasteiger partial charge >= 0.3 is 6.18 Å². The number of hydrogen-bond donors (Lipinski definition) is 1. The van der Waals surface area contributed by atoms with Crippen molar-refractivity contribution in [1.82, 2.24) is 4.90 Å². The van der Waals surface area contributed by atoms with Crippen molar-refractivity contribution >= 4 is 0 Å². The second kappa shape index (κ2) is 4.28. The minimum atomic E-state index is -4.09. The number of nitrogens with zero attached hydrogens (tertiary/aromatic N) is 1. The zero-order chi connectivity index (χ0) is 9.90. The highest BCUT2D eigenvalue weighted by Gasteiger charge is 2.34. The minimum absolute atomic E-state index is 0.0737. The van der Waals surface area contributed by atoms with Crippen LogP contribution in [-0.4, -0.2) is 36.8 Å². The molecule has 1 fully saturated rings. The molecule has 1 heterocycles. The van der Waals surface area contributed by atoms with E-state index in [1.165, 1.54) is 4.90 Å². The molecule has 0 unspecified atom stereocenters. The molecule has 5 heteroatoms. The van der Waals surface area contributed by atoms with Crippen molar-refractivity contribution in [2.45, 2.75) is 31.5 Å². The highest BCUT2D eigenvalue weighted by molar-refractivity contribution is 4.79. The first-order valence-corrected chi connectivity index (χ1v) is 4.54. The molecule has 0 spiro atoms. The van der Waals surface area contributed by atoms with Gasteiger partial charge in [-0.1, -0.05) is 6.42 Å². The molecular weight excluding hydrogens is 181 g/mol. The fourth-order valence-corrected chi connectivity index (χ4v) is 1.77. The molecule has 0 amide bonds.